The Morgan fingerprint density at radius 2 is 2.25 bits per heavy atom. The molecule has 0 spiro atoms. The average molecular weight is 277 g/mol. The standard InChI is InChI=1S/C16H23NO3/c1-12(2)11-20-14-6-4-5-13(9-14)16(18)17-8-7-15(10-17)19-3/h4-6,9,12,15H,7-8,10-11H2,1-3H3. The number of rotatable bonds is 5. The molecule has 1 amide bonds. The highest BCUT2D eigenvalue weighted by molar-refractivity contribution is 5.94. The number of amides is 1. The Balaban J connectivity index is 2.01. The van der Waals surface area contributed by atoms with Gasteiger partial charge >= 0.3 is 0 Å². The van der Waals surface area contributed by atoms with Crippen molar-refractivity contribution in [2.24, 2.45) is 5.92 Å². The Labute approximate surface area is 120 Å². The highest BCUT2D eigenvalue weighted by Crippen LogP contribution is 2.19. The molecule has 0 bridgehead atoms. The summed E-state index contributed by atoms with van der Waals surface area (Å²) in [5.74, 6) is 1.28. The number of ether oxygens (including phenoxy) is 2. The maximum Gasteiger partial charge on any atom is 0.254 e. The average Bonchev–Trinajstić information content (AvgIpc) is 2.93. The van der Waals surface area contributed by atoms with Crippen molar-refractivity contribution < 1.29 is 14.3 Å². The van der Waals surface area contributed by atoms with Crippen molar-refractivity contribution in [3.05, 3.63) is 29.8 Å². The van der Waals surface area contributed by atoms with Crippen LogP contribution < -0.4 is 4.74 Å². The highest BCUT2D eigenvalue weighted by Gasteiger charge is 2.26. The van der Waals surface area contributed by atoms with E-state index in [2.05, 4.69) is 13.8 Å². The molecule has 4 heteroatoms. The van der Waals surface area contributed by atoms with Crippen molar-refractivity contribution in [2.45, 2.75) is 26.4 Å². The quantitative estimate of drug-likeness (QED) is 0.830. The maximum absolute atomic E-state index is 12.4. The van der Waals surface area contributed by atoms with Crippen LogP contribution in [0.2, 0.25) is 0 Å². The van der Waals surface area contributed by atoms with Gasteiger partial charge in [0.05, 0.1) is 12.7 Å². The zero-order valence-corrected chi connectivity index (χ0v) is 12.5. The number of hydrogen-bond acceptors (Lipinski definition) is 3. The summed E-state index contributed by atoms with van der Waals surface area (Å²) in [6, 6.07) is 7.42. The number of nitrogens with zero attached hydrogens (tertiary/aromatic N) is 1. The molecular formula is C16H23NO3. The van der Waals surface area contributed by atoms with Crippen molar-refractivity contribution in [1.29, 1.82) is 0 Å². The van der Waals surface area contributed by atoms with E-state index in [-0.39, 0.29) is 12.0 Å². The summed E-state index contributed by atoms with van der Waals surface area (Å²) in [5.41, 5.74) is 0.683. The van der Waals surface area contributed by atoms with Crippen LogP contribution in [0.4, 0.5) is 0 Å². The molecule has 4 nitrogen and oxygen atoms in total. The highest BCUT2D eigenvalue weighted by atomic mass is 16.5. The molecule has 1 unspecified atom stereocenters. The molecule has 1 atom stereocenters. The SMILES string of the molecule is COC1CCN(C(=O)c2cccc(OCC(C)C)c2)C1. The lowest BCUT2D eigenvalue weighted by Crippen LogP contribution is -2.29. The fourth-order valence-electron chi connectivity index (χ4n) is 2.27. The summed E-state index contributed by atoms with van der Waals surface area (Å²) in [6.45, 7) is 6.29. The molecular weight excluding hydrogens is 254 g/mol. The Hall–Kier alpha value is -1.55. The normalized spacial score (nSPS) is 18.6. The van der Waals surface area contributed by atoms with Gasteiger partial charge < -0.3 is 14.4 Å². The van der Waals surface area contributed by atoms with Crippen LogP contribution in [0.3, 0.4) is 0 Å². The first-order valence-electron chi connectivity index (χ1n) is 7.15. The Bertz CT molecular complexity index is 459. The number of likely N-dealkylation sites (tertiary alicyclic amines) is 1. The van der Waals surface area contributed by atoms with Crippen molar-refractivity contribution >= 4 is 5.91 Å². The lowest BCUT2D eigenvalue weighted by Gasteiger charge is -2.17. The summed E-state index contributed by atoms with van der Waals surface area (Å²) in [6.07, 6.45) is 1.07. The number of hydrogen-bond donors (Lipinski definition) is 0. The molecule has 1 aromatic carbocycles. The van der Waals surface area contributed by atoms with Crippen LogP contribution in [0.25, 0.3) is 0 Å². The Kier molecular flexibility index (Phi) is 5.01. The van der Waals surface area contributed by atoms with Gasteiger partial charge in [0.2, 0.25) is 0 Å². The number of methoxy groups -OCH3 is 1. The smallest absolute Gasteiger partial charge is 0.254 e. The van der Waals surface area contributed by atoms with Gasteiger partial charge in [-0.2, -0.15) is 0 Å². The summed E-state index contributed by atoms with van der Waals surface area (Å²) in [7, 11) is 1.69. The van der Waals surface area contributed by atoms with Crippen molar-refractivity contribution in [2.75, 3.05) is 26.8 Å². The van der Waals surface area contributed by atoms with E-state index >= 15 is 0 Å². The van der Waals surface area contributed by atoms with Gasteiger partial charge in [0.1, 0.15) is 5.75 Å². The third-order valence-corrected chi connectivity index (χ3v) is 3.43. The van der Waals surface area contributed by atoms with Crippen molar-refractivity contribution in [3.8, 4) is 5.75 Å². The molecule has 1 fully saturated rings. The predicted molar refractivity (Wildman–Crippen MR) is 78.1 cm³/mol. The number of carbonyl (C=O) groups is 1. The lowest BCUT2D eigenvalue weighted by molar-refractivity contribution is 0.0723. The number of carbonyl (C=O) groups excluding carboxylic acids is 1. The first-order chi connectivity index (χ1) is 9.60. The second-order valence-electron chi connectivity index (χ2n) is 5.63. The summed E-state index contributed by atoms with van der Waals surface area (Å²) >= 11 is 0. The molecule has 110 valence electrons. The van der Waals surface area contributed by atoms with Gasteiger partial charge in [-0.1, -0.05) is 19.9 Å². The molecule has 0 saturated carbocycles. The third-order valence-electron chi connectivity index (χ3n) is 3.43. The van der Waals surface area contributed by atoms with E-state index in [1.54, 1.807) is 7.11 Å². The van der Waals surface area contributed by atoms with Gasteiger partial charge in [0, 0.05) is 25.8 Å². The van der Waals surface area contributed by atoms with E-state index < -0.39 is 0 Å². The van der Waals surface area contributed by atoms with Gasteiger partial charge in [0.25, 0.3) is 5.91 Å². The zero-order valence-electron chi connectivity index (χ0n) is 12.5. The zero-order chi connectivity index (χ0) is 14.5. The molecule has 0 aromatic heterocycles. The van der Waals surface area contributed by atoms with Gasteiger partial charge in [-0.3, -0.25) is 4.79 Å². The maximum atomic E-state index is 12.4. The molecule has 1 aliphatic heterocycles. The van der Waals surface area contributed by atoms with Crippen LogP contribution in [0, 0.1) is 5.92 Å². The van der Waals surface area contributed by atoms with E-state index in [9.17, 15) is 4.79 Å². The fourth-order valence-corrected chi connectivity index (χ4v) is 2.27. The summed E-state index contributed by atoms with van der Waals surface area (Å²) < 4.78 is 11.0. The van der Waals surface area contributed by atoms with E-state index in [1.165, 1.54) is 0 Å². The van der Waals surface area contributed by atoms with Crippen LogP contribution in [-0.4, -0.2) is 43.7 Å². The fraction of sp³-hybridized carbons (Fsp3) is 0.562. The van der Waals surface area contributed by atoms with Crippen LogP contribution in [-0.2, 0) is 4.74 Å². The van der Waals surface area contributed by atoms with Gasteiger partial charge in [0.15, 0.2) is 0 Å². The Morgan fingerprint density at radius 3 is 2.90 bits per heavy atom. The molecule has 0 radical (unpaired) electrons. The lowest BCUT2D eigenvalue weighted by atomic mass is 10.2. The first kappa shape index (κ1) is 14.9. The molecule has 20 heavy (non-hydrogen) atoms. The van der Waals surface area contributed by atoms with E-state index in [1.807, 2.05) is 29.2 Å². The van der Waals surface area contributed by atoms with Gasteiger partial charge in [-0.05, 0) is 30.5 Å². The molecule has 1 heterocycles. The summed E-state index contributed by atoms with van der Waals surface area (Å²) in [4.78, 5) is 14.3. The van der Waals surface area contributed by atoms with Crippen LogP contribution in [0.5, 0.6) is 5.75 Å². The van der Waals surface area contributed by atoms with Crippen LogP contribution in [0.1, 0.15) is 30.6 Å². The predicted octanol–water partition coefficient (Wildman–Crippen LogP) is 2.58. The number of benzene rings is 1. The molecule has 1 aromatic rings. The van der Waals surface area contributed by atoms with Crippen LogP contribution in [0.15, 0.2) is 24.3 Å². The van der Waals surface area contributed by atoms with Crippen LogP contribution >= 0.6 is 0 Å². The monoisotopic (exact) mass is 277 g/mol. The van der Waals surface area contributed by atoms with E-state index in [0.29, 0.717) is 24.6 Å². The third kappa shape index (κ3) is 3.73. The minimum absolute atomic E-state index is 0.0551. The second-order valence-corrected chi connectivity index (χ2v) is 5.63. The molecule has 2 rings (SSSR count). The van der Waals surface area contributed by atoms with Gasteiger partial charge in [-0.25, -0.2) is 0 Å². The minimum atomic E-state index is 0.0551. The minimum Gasteiger partial charge on any atom is -0.493 e. The topological polar surface area (TPSA) is 38.8 Å². The second kappa shape index (κ2) is 6.75. The van der Waals surface area contributed by atoms with Gasteiger partial charge in [-0.15, -0.1) is 0 Å². The molecule has 1 saturated heterocycles. The van der Waals surface area contributed by atoms with E-state index in [4.69, 9.17) is 9.47 Å². The van der Waals surface area contributed by atoms with Crippen molar-refractivity contribution in [1.82, 2.24) is 4.90 Å². The molecule has 0 N–H and O–H groups in total. The molecule has 0 aliphatic carbocycles. The van der Waals surface area contributed by atoms with E-state index in [0.717, 1.165) is 18.7 Å². The Morgan fingerprint density at radius 1 is 1.45 bits per heavy atom. The summed E-state index contributed by atoms with van der Waals surface area (Å²) in [5, 5.41) is 0. The first-order valence-corrected chi connectivity index (χ1v) is 7.15. The molecule has 1 aliphatic rings. The largest absolute Gasteiger partial charge is 0.493 e. The van der Waals surface area contributed by atoms with Crippen molar-refractivity contribution in [3.63, 3.8) is 0 Å².